The van der Waals surface area contributed by atoms with Crippen LogP contribution in [-0.4, -0.2) is 23.1 Å². The van der Waals surface area contributed by atoms with Gasteiger partial charge in [0.15, 0.2) is 0 Å². The minimum Gasteiger partial charge on any atom is -0.350 e. The molecule has 0 aromatic carbocycles. The van der Waals surface area contributed by atoms with Crippen LogP contribution in [-0.2, 0) is 13.1 Å². The fourth-order valence-electron chi connectivity index (χ4n) is 2.09. The second kappa shape index (κ2) is 7.96. The highest BCUT2D eigenvalue weighted by molar-refractivity contribution is 6.33. The van der Waals surface area contributed by atoms with Crippen molar-refractivity contribution >= 4 is 17.4 Å². The molecule has 2 aromatic rings. The predicted octanol–water partition coefficient (Wildman–Crippen LogP) is 3.27. The average Bonchev–Trinajstić information content (AvgIpc) is 2.52. The molecule has 0 saturated carbocycles. The van der Waals surface area contributed by atoms with Crippen LogP contribution in [0.25, 0.3) is 0 Å². The van der Waals surface area contributed by atoms with E-state index in [0.29, 0.717) is 11.6 Å². The summed E-state index contributed by atoms with van der Waals surface area (Å²) in [6.45, 7) is 7.42. The number of nitrogens with zero attached hydrogens (tertiary/aromatic N) is 3. The molecule has 2 aromatic heterocycles. The van der Waals surface area contributed by atoms with Gasteiger partial charge in [0.05, 0.1) is 17.3 Å². The number of hydrogen-bond acceptors (Lipinski definition) is 4. The lowest BCUT2D eigenvalue weighted by molar-refractivity contribution is 0.722. The number of nitrogens with one attached hydrogen (secondary N) is 1. The Morgan fingerprint density at radius 3 is 2.71 bits per heavy atom. The van der Waals surface area contributed by atoms with Crippen LogP contribution in [0.4, 0.5) is 5.82 Å². The van der Waals surface area contributed by atoms with Gasteiger partial charge >= 0.3 is 0 Å². The number of halogens is 1. The van der Waals surface area contributed by atoms with Crippen molar-refractivity contribution in [2.75, 3.05) is 18.0 Å². The van der Waals surface area contributed by atoms with Crippen molar-refractivity contribution in [1.29, 1.82) is 0 Å². The Hall–Kier alpha value is -1.65. The molecule has 0 aliphatic rings. The van der Waals surface area contributed by atoms with Gasteiger partial charge in [-0.2, -0.15) is 0 Å². The molecule has 2 rings (SSSR count). The molecule has 0 saturated heterocycles. The van der Waals surface area contributed by atoms with E-state index in [-0.39, 0.29) is 0 Å². The third-order valence-electron chi connectivity index (χ3n) is 3.22. The summed E-state index contributed by atoms with van der Waals surface area (Å²) in [6.07, 6.45) is 3.68. The van der Waals surface area contributed by atoms with Gasteiger partial charge in [0, 0.05) is 25.5 Å². The van der Waals surface area contributed by atoms with Crippen molar-refractivity contribution in [1.82, 2.24) is 15.3 Å². The van der Waals surface area contributed by atoms with E-state index in [1.807, 2.05) is 30.5 Å². The van der Waals surface area contributed by atoms with Crippen LogP contribution in [0.1, 0.15) is 25.1 Å². The van der Waals surface area contributed by atoms with Gasteiger partial charge in [-0.25, -0.2) is 4.98 Å². The Morgan fingerprint density at radius 1 is 1.24 bits per heavy atom. The summed E-state index contributed by atoms with van der Waals surface area (Å²) in [7, 11) is 0. The predicted molar refractivity (Wildman–Crippen MR) is 87.6 cm³/mol. The van der Waals surface area contributed by atoms with Crippen LogP contribution in [0.2, 0.25) is 5.02 Å². The van der Waals surface area contributed by atoms with Crippen LogP contribution in [0.15, 0.2) is 36.7 Å². The summed E-state index contributed by atoms with van der Waals surface area (Å²) >= 11 is 6.40. The second-order valence-electron chi connectivity index (χ2n) is 4.76. The number of pyridine rings is 2. The first-order valence-corrected chi connectivity index (χ1v) is 7.62. The Bertz CT molecular complexity index is 559. The first-order valence-electron chi connectivity index (χ1n) is 7.24. The SMILES string of the molecule is CCNCc1cnc(N(CC)Cc2ccccn2)c(Cl)c1. The zero-order valence-corrected chi connectivity index (χ0v) is 13.3. The Labute approximate surface area is 131 Å². The highest BCUT2D eigenvalue weighted by Gasteiger charge is 2.12. The molecule has 5 heteroatoms. The molecule has 1 N–H and O–H groups in total. The molecule has 0 bridgehead atoms. The van der Waals surface area contributed by atoms with E-state index in [1.165, 1.54) is 0 Å². The Balaban J connectivity index is 2.14. The van der Waals surface area contributed by atoms with E-state index in [9.17, 15) is 0 Å². The maximum absolute atomic E-state index is 6.40. The Kier molecular flexibility index (Phi) is 5.96. The van der Waals surface area contributed by atoms with Gasteiger partial charge < -0.3 is 10.2 Å². The summed E-state index contributed by atoms with van der Waals surface area (Å²) in [5.74, 6) is 0.810. The lowest BCUT2D eigenvalue weighted by Crippen LogP contribution is -2.24. The summed E-state index contributed by atoms with van der Waals surface area (Å²) in [4.78, 5) is 11.0. The van der Waals surface area contributed by atoms with Gasteiger partial charge in [0.25, 0.3) is 0 Å². The Morgan fingerprint density at radius 2 is 2.10 bits per heavy atom. The lowest BCUT2D eigenvalue weighted by atomic mass is 10.2. The summed E-state index contributed by atoms with van der Waals surface area (Å²) < 4.78 is 0. The molecule has 0 atom stereocenters. The van der Waals surface area contributed by atoms with E-state index in [4.69, 9.17) is 11.6 Å². The van der Waals surface area contributed by atoms with Crippen molar-refractivity contribution in [3.63, 3.8) is 0 Å². The van der Waals surface area contributed by atoms with E-state index in [2.05, 4.69) is 34.0 Å². The quantitative estimate of drug-likeness (QED) is 0.852. The molecule has 0 aliphatic carbocycles. The maximum Gasteiger partial charge on any atom is 0.147 e. The molecule has 0 amide bonds. The van der Waals surface area contributed by atoms with Crippen molar-refractivity contribution in [3.05, 3.63) is 52.9 Å². The van der Waals surface area contributed by atoms with Crippen molar-refractivity contribution < 1.29 is 0 Å². The molecule has 21 heavy (non-hydrogen) atoms. The van der Waals surface area contributed by atoms with Crippen LogP contribution >= 0.6 is 11.6 Å². The van der Waals surface area contributed by atoms with Gasteiger partial charge in [0.1, 0.15) is 5.82 Å². The van der Waals surface area contributed by atoms with Gasteiger partial charge in [0.2, 0.25) is 0 Å². The first kappa shape index (κ1) is 15.7. The fraction of sp³-hybridized carbons (Fsp3) is 0.375. The fourth-order valence-corrected chi connectivity index (χ4v) is 2.40. The molecule has 112 valence electrons. The second-order valence-corrected chi connectivity index (χ2v) is 5.17. The topological polar surface area (TPSA) is 41.1 Å². The number of aromatic nitrogens is 2. The summed E-state index contributed by atoms with van der Waals surface area (Å²) in [5, 5.41) is 3.96. The van der Waals surface area contributed by atoms with Crippen LogP contribution in [0, 0.1) is 0 Å². The van der Waals surface area contributed by atoms with Crippen LogP contribution in [0.3, 0.4) is 0 Å². The first-order chi connectivity index (χ1) is 10.2. The van der Waals surface area contributed by atoms with E-state index >= 15 is 0 Å². The van der Waals surface area contributed by atoms with Crippen molar-refractivity contribution in [2.24, 2.45) is 0 Å². The summed E-state index contributed by atoms with van der Waals surface area (Å²) in [5.41, 5.74) is 2.11. The molecule has 0 fully saturated rings. The van der Waals surface area contributed by atoms with Gasteiger partial charge in [-0.1, -0.05) is 24.6 Å². The van der Waals surface area contributed by atoms with Gasteiger partial charge in [-0.05, 0) is 37.2 Å². The number of anilines is 1. The molecule has 2 heterocycles. The molecule has 4 nitrogen and oxygen atoms in total. The van der Waals surface area contributed by atoms with Gasteiger partial charge in [-0.3, -0.25) is 4.98 Å². The van der Waals surface area contributed by atoms with Crippen molar-refractivity contribution in [2.45, 2.75) is 26.9 Å². The van der Waals surface area contributed by atoms with E-state index in [1.54, 1.807) is 6.20 Å². The third-order valence-corrected chi connectivity index (χ3v) is 3.50. The molecule has 0 spiro atoms. The van der Waals surface area contributed by atoms with Crippen LogP contribution in [0.5, 0.6) is 0 Å². The standard InChI is InChI=1S/C16H21ClN4/c1-3-18-10-13-9-15(17)16(20-11-13)21(4-2)12-14-7-5-6-8-19-14/h5-9,11,18H,3-4,10,12H2,1-2H3. The molecular formula is C16H21ClN4. The van der Waals surface area contributed by atoms with Gasteiger partial charge in [-0.15, -0.1) is 0 Å². The highest BCUT2D eigenvalue weighted by atomic mass is 35.5. The lowest BCUT2D eigenvalue weighted by Gasteiger charge is -2.23. The zero-order chi connectivity index (χ0) is 15.1. The molecule has 0 unspecified atom stereocenters. The maximum atomic E-state index is 6.40. The number of hydrogen-bond donors (Lipinski definition) is 1. The molecule has 0 radical (unpaired) electrons. The van der Waals surface area contributed by atoms with Crippen molar-refractivity contribution in [3.8, 4) is 0 Å². The highest BCUT2D eigenvalue weighted by Crippen LogP contribution is 2.25. The van der Waals surface area contributed by atoms with E-state index < -0.39 is 0 Å². The summed E-state index contributed by atoms with van der Waals surface area (Å²) in [6, 6.07) is 7.90. The normalized spacial score (nSPS) is 10.6. The minimum absolute atomic E-state index is 0.684. The number of rotatable bonds is 7. The minimum atomic E-state index is 0.684. The average molecular weight is 305 g/mol. The van der Waals surface area contributed by atoms with E-state index in [0.717, 1.165) is 36.7 Å². The third kappa shape index (κ3) is 4.41. The van der Waals surface area contributed by atoms with Crippen LogP contribution < -0.4 is 10.2 Å². The zero-order valence-electron chi connectivity index (χ0n) is 12.5. The molecule has 0 aliphatic heterocycles. The largest absolute Gasteiger partial charge is 0.350 e. The molecular weight excluding hydrogens is 284 g/mol. The monoisotopic (exact) mass is 304 g/mol. The smallest absolute Gasteiger partial charge is 0.147 e.